The number of Topliss-reactive ketones (excluding diaryl/α,β-unsaturated/α-hetero) is 1. The van der Waals surface area contributed by atoms with E-state index in [-0.39, 0.29) is 30.7 Å². The number of amides is 2. The lowest BCUT2D eigenvalue weighted by atomic mass is 10.1. The van der Waals surface area contributed by atoms with E-state index in [2.05, 4.69) is 12.2 Å². The number of nitrogens with one attached hydrogen (secondary N) is 1. The second-order valence-corrected chi connectivity index (χ2v) is 12.3. The zero-order valence-electron chi connectivity index (χ0n) is 27.7. The Morgan fingerprint density at radius 1 is 0.750 bits per heavy atom. The van der Waals surface area contributed by atoms with Gasteiger partial charge >= 0.3 is 5.97 Å². The van der Waals surface area contributed by atoms with Gasteiger partial charge in [0.2, 0.25) is 0 Å². The monoisotopic (exact) mass is 666 g/mol. The summed E-state index contributed by atoms with van der Waals surface area (Å²) in [4.78, 5) is 53.4. The Morgan fingerprint density at radius 3 is 2.06 bits per heavy atom. The van der Waals surface area contributed by atoms with Gasteiger partial charge in [0.15, 0.2) is 0 Å². The number of unbranched alkanes of at least 4 members (excludes halogenated alkanes) is 4. The predicted molar refractivity (Wildman–Crippen MR) is 190 cm³/mol. The summed E-state index contributed by atoms with van der Waals surface area (Å²) in [6.45, 7) is 4.38. The molecule has 0 atom stereocenters. The van der Waals surface area contributed by atoms with Gasteiger partial charge in [0.1, 0.15) is 17.3 Å². The molecule has 48 heavy (non-hydrogen) atoms. The first-order chi connectivity index (χ1) is 23.3. The number of esters is 1. The molecule has 4 aromatic rings. The lowest BCUT2D eigenvalue weighted by Gasteiger charge is -2.22. The standard InChI is InChI=1S/C39H42N2O6S/c1-4-5-6-7-10-25-46-33-23-17-31(18-24-33)39(45)47-34-21-13-29(14-22-34)27-41(26-28(2)42)38(44)30-15-19-32(20-16-30)40-37(43)35-11-8-9-12-36(35)48-3/h8-9,11-24H,4-7,10,25-27H2,1-3H3,(H,40,43). The number of benzene rings is 4. The Labute approximate surface area is 286 Å². The smallest absolute Gasteiger partial charge is 0.343 e. The highest BCUT2D eigenvalue weighted by Crippen LogP contribution is 2.22. The van der Waals surface area contributed by atoms with Crippen molar-refractivity contribution in [3.63, 3.8) is 0 Å². The number of anilines is 1. The Balaban J connectivity index is 1.32. The van der Waals surface area contributed by atoms with E-state index in [0.717, 1.165) is 23.3 Å². The molecule has 0 radical (unpaired) electrons. The molecular weight excluding hydrogens is 625 g/mol. The minimum absolute atomic E-state index is 0.0713. The highest BCUT2D eigenvalue weighted by Gasteiger charge is 2.19. The van der Waals surface area contributed by atoms with E-state index >= 15 is 0 Å². The number of rotatable bonds is 17. The zero-order chi connectivity index (χ0) is 34.3. The molecule has 0 spiro atoms. The summed E-state index contributed by atoms with van der Waals surface area (Å²) in [7, 11) is 0. The number of carbonyl (C=O) groups is 4. The SMILES string of the molecule is CCCCCCCOc1ccc(C(=O)Oc2ccc(CN(CC(C)=O)C(=O)c3ccc(NC(=O)c4ccccc4SC)cc3)cc2)cc1. The second kappa shape index (κ2) is 18.4. The first-order valence-corrected chi connectivity index (χ1v) is 17.4. The maximum absolute atomic E-state index is 13.4. The molecule has 4 aromatic carbocycles. The van der Waals surface area contributed by atoms with Crippen molar-refractivity contribution in [1.29, 1.82) is 0 Å². The lowest BCUT2D eigenvalue weighted by molar-refractivity contribution is -0.117. The molecule has 0 aromatic heterocycles. The largest absolute Gasteiger partial charge is 0.494 e. The van der Waals surface area contributed by atoms with Crippen LogP contribution in [0.25, 0.3) is 0 Å². The molecule has 4 rings (SSSR count). The van der Waals surface area contributed by atoms with Crippen LogP contribution in [0.5, 0.6) is 11.5 Å². The summed E-state index contributed by atoms with van der Waals surface area (Å²) in [5.74, 6) is -0.137. The molecule has 2 amide bonds. The van der Waals surface area contributed by atoms with Gasteiger partial charge < -0.3 is 19.7 Å². The lowest BCUT2D eigenvalue weighted by Crippen LogP contribution is -2.34. The molecule has 0 fully saturated rings. The van der Waals surface area contributed by atoms with Gasteiger partial charge in [0, 0.05) is 22.7 Å². The van der Waals surface area contributed by atoms with Crippen LogP contribution in [-0.2, 0) is 11.3 Å². The molecule has 0 bridgehead atoms. The second-order valence-electron chi connectivity index (χ2n) is 11.4. The van der Waals surface area contributed by atoms with Crippen molar-refractivity contribution in [3.8, 4) is 11.5 Å². The minimum Gasteiger partial charge on any atom is -0.494 e. The number of ether oxygens (including phenoxy) is 2. The van der Waals surface area contributed by atoms with Crippen molar-refractivity contribution in [2.75, 3.05) is 24.7 Å². The Kier molecular flexibility index (Phi) is 13.8. The Bertz CT molecular complexity index is 1670. The number of thioether (sulfide) groups is 1. The van der Waals surface area contributed by atoms with Crippen LogP contribution in [0.4, 0.5) is 5.69 Å². The van der Waals surface area contributed by atoms with E-state index in [1.54, 1.807) is 78.9 Å². The summed E-state index contributed by atoms with van der Waals surface area (Å²) < 4.78 is 11.3. The number of carbonyl (C=O) groups excluding carboxylic acids is 4. The fraction of sp³-hybridized carbons (Fsp3) is 0.282. The molecule has 250 valence electrons. The van der Waals surface area contributed by atoms with E-state index < -0.39 is 5.97 Å². The zero-order valence-corrected chi connectivity index (χ0v) is 28.5. The Hall–Kier alpha value is -4.89. The third-order valence-corrected chi connectivity index (χ3v) is 8.35. The van der Waals surface area contributed by atoms with Gasteiger partial charge in [-0.2, -0.15) is 0 Å². The van der Waals surface area contributed by atoms with Gasteiger partial charge in [-0.25, -0.2) is 4.79 Å². The topological polar surface area (TPSA) is 102 Å². The maximum Gasteiger partial charge on any atom is 0.343 e. The molecule has 1 N–H and O–H groups in total. The van der Waals surface area contributed by atoms with Gasteiger partial charge in [-0.3, -0.25) is 14.4 Å². The third-order valence-electron chi connectivity index (χ3n) is 7.56. The highest BCUT2D eigenvalue weighted by molar-refractivity contribution is 7.98. The van der Waals surface area contributed by atoms with Crippen LogP contribution in [-0.4, -0.2) is 47.9 Å². The van der Waals surface area contributed by atoms with Crippen LogP contribution in [0.15, 0.2) is 102 Å². The number of nitrogens with zero attached hydrogens (tertiary/aromatic N) is 1. The molecule has 0 unspecified atom stereocenters. The summed E-state index contributed by atoms with van der Waals surface area (Å²) in [6.07, 6.45) is 7.73. The van der Waals surface area contributed by atoms with E-state index in [4.69, 9.17) is 9.47 Å². The van der Waals surface area contributed by atoms with E-state index in [0.29, 0.717) is 40.5 Å². The maximum atomic E-state index is 13.4. The van der Waals surface area contributed by atoms with Crippen LogP contribution in [0.2, 0.25) is 0 Å². The average molecular weight is 667 g/mol. The average Bonchev–Trinajstić information content (AvgIpc) is 3.10. The molecule has 0 aliphatic rings. The van der Waals surface area contributed by atoms with Crippen molar-refractivity contribution in [2.45, 2.75) is 57.4 Å². The molecule has 8 nitrogen and oxygen atoms in total. The van der Waals surface area contributed by atoms with E-state index in [9.17, 15) is 19.2 Å². The summed E-state index contributed by atoms with van der Waals surface area (Å²) in [5.41, 5.74) is 2.67. The van der Waals surface area contributed by atoms with E-state index in [1.807, 2.05) is 24.5 Å². The van der Waals surface area contributed by atoms with Gasteiger partial charge in [-0.05, 0) is 98.0 Å². The van der Waals surface area contributed by atoms with E-state index in [1.165, 1.54) is 42.8 Å². The van der Waals surface area contributed by atoms with Gasteiger partial charge in [-0.15, -0.1) is 11.8 Å². The number of hydrogen-bond donors (Lipinski definition) is 1. The molecule has 0 saturated heterocycles. The van der Waals surface area contributed by atoms with Crippen LogP contribution in [0.1, 0.15) is 82.6 Å². The fourth-order valence-electron chi connectivity index (χ4n) is 5.01. The van der Waals surface area contributed by atoms with Gasteiger partial charge in [0.05, 0.1) is 24.3 Å². The van der Waals surface area contributed by atoms with Crippen molar-refractivity contribution in [2.24, 2.45) is 0 Å². The molecule has 0 saturated carbocycles. The van der Waals surface area contributed by atoms with Crippen LogP contribution < -0.4 is 14.8 Å². The summed E-state index contributed by atoms with van der Waals surface area (Å²) in [6, 6.07) is 27.6. The molecule has 9 heteroatoms. The quantitative estimate of drug-likeness (QED) is 0.0522. The first-order valence-electron chi connectivity index (χ1n) is 16.1. The predicted octanol–water partition coefficient (Wildman–Crippen LogP) is 8.46. The molecular formula is C39H42N2O6S. The number of ketones is 1. The minimum atomic E-state index is -0.490. The fourth-order valence-corrected chi connectivity index (χ4v) is 5.61. The van der Waals surface area contributed by atoms with Crippen molar-refractivity contribution in [3.05, 3.63) is 119 Å². The summed E-state index contributed by atoms with van der Waals surface area (Å²) in [5, 5.41) is 2.87. The van der Waals surface area contributed by atoms with Gasteiger partial charge in [0.25, 0.3) is 11.8 Å². The number of hydrogen-bond acceptors (Lipinski definition) is 7. The summed E-state index contributed by atoms with van der Waals surface area (Å²) >= 11 is 1.49. The molecule has 0 aliphatic carbocycles. The van der Waals surface area contributed by atoms with Crippen LogP contribution in [0.3, 0.4) is 0 Å². The highest BCUT2D eigenvalue weighted by atomic mass is 32.2. The van der Waals surface area contributed by atoms with Crippen LogP contribution >= 0.6 is 11.8 Å². The third kappa shape index (κ3) is 10.8. The van der Waals surface area contributed by atoms with Crippen molar-refractivity contribution >= 4 is 41.0 Å². The first kappa shape index (κ1) is 36.0. The van der Waals surface area contributed by atoms with Gasteiger partial charge in [-0.1, -0.05) is 56.9 Å². The normalized spacial score (nSPS) is 10.6. The van der Waals surface area contributed by atoms with Crippen LogP contribution in [0, 0.1) is 0 Å². The molecule has 0 aliphatic heterocycles. The Morgan fingerprint density at radius 2 is 1.40 bits per heavy atom. The molecule has 0 heterocycles. The van der Waals surface area contributed by atoms with Crippen molar-refractivity contribution in [1.82, 2.24) is 4.90 Å². The van der Waals surface area contributed by atoms with Crippen molar-refractivity contribution < 1.29 is 28.7 Å².